The number of nitrogens with two attached hydrogens (primary N) is 1. The average Bonchev–Trinajstić information content (AvgIpc) is 2.32. The summed E-state index contributed by atoms with van der Waals surface area (Å²) in [6, 6.07) is 6.65. The lowest BCUT2D eigenvalue weighted by atomic mass is 9.94. The minimum atomic E-state index is 0.223. The van der Waals surface area contributed by atoms with Crippen LogP contribution in [0.3, 0.4) is 0 Å². The van der Waals surface area contributed by atoms with Crippen molar-refractivity contribution in [1.82, 2.24) is 5.43 Å². The molecule has 17 heavy (non-hydrogen) atoms. The highest BCUT2D eigenvalue weighted by molar-refractivity contribution is 5.34. The van der Waals surface area contributed by atoms with Gasteiger partial charge in [-0.15, -0.1) is 0 Å². The summed E-state index contributed by atoms with van der Waals surface area (Å²) in [6.45, 7) is 6.36. The maximum absolute atomic E-state index is 5.62. The molecule has 0 aliphatic heterocycles. The smallest absolute Gasteiger partial charge is 0.0558 e. The van der Waals surface area contributed by atoms with Gasteiger partial charge in [0.2, 0.25) is 0 Å². The van der Waals surface area contributed by atoms with Gasteiger partial charge in [0, 0.05) is 13.2 Å². The van der Waals surface area contributed by atoms with Crippen molar-refractivity contribution in [2.75, 3.05) is 7.11 Å². The van der Waals surface area contributed by atoms with E-state index in [0.29, 0.717) is 0 Å². The summed E-state index contributed by atoms with van der Waals surface area (Å²) in [4.78, 5) is 0. The van der Waals surface area contributed by atoms with Crippen molar-refractivity contribution in [2.24, 2.45) is 5.84 Å². The van der Waals surface area contributed by atoms with E-state index >= 15 is 0 Å². The van der Waals surface area contributed by atoms with Gasteiger partial charge < -0.3 is 4.74 Å². The second-order valence-electron chi connectivity index (χ2n) is 4.72. The highest BCUT2D eigenvalue weighted by atomic mass is 16.5. The van der Waals surface area contributed by atoms with Gasteiger partial charge in [0.1, 0.15) is 0 Å². The van der Waals surface area contributed by atoms with Crippen LogP contribution < -0.4 is 11.3 Å². The SMILES string of the molecule is COC(C)CC(Cc1c(C)cccc1C)NN. The number of hydrogen-bond acceptors (Lipinski definition) is 3. The fourth-order valence-electron chi connectivity index (χ4n) is 2.12. The van der Waals surface area contributed by atoms with Crippen molar-refractivity contribution in [3.05, 3.63) is 34.9 Å². The molecule has 0 radical (unpaired) electrons. The predicted octanol–water partition coefficient (Wildman–Crippen LogP) is 2.10. The Hall–Kier alpha value is -0.900. The molecule has 0 amide bonds. The van der Waals surface area contributed by atoms with Gasteiger partial charge in [0.05, 0.1) is 6.10 Å². The third-order valence-electron chi connectivity index (χ3n) is 3.35. The van der Waals surface area contributed by atoms with Crippen molar-refractivity contribution in [1.29, 1.82) is 0 Å². The number of rotatable bonds is 6. The Balaban J connectivity index is 2.73. The molecule has 1 aromatic rings. The summed E-state index contributed by atoms with van der Waals surface area (Å²) in [5.74, 6) is 5.62. The molecule has 1 aromatic carbocycles. The van der Waals surface area contributed by atoms with Gasteiger partial charge in [-0.25, -0.2) is 0 Å². The normalized spacial score (nSPS) is 14.6. The van der Waals surface area contributed by atoms with Gasteiger partial charge in [0.25, 0.3) is 0 Å². The Morgan fingerprint density at radius 3 is 2.35 bits per heavy atom. The zero-order valence-electron chi connectivity index (χ0n) is 11.3. The van der Waals surface area contributed by atoms with E-state index in [1.54, 1.807) is 7.11 Å². The van der Waals surface area contributed by atoms with Gasteiger partial charge in [-0.3, -0.25) is 11.3 Å². The first-order valence-corrected chi connectivity index (χ1v) is 6.12. The second-order valence-corrected chi connectivity index (χ2v) is 4.72. The van der Waals surface area contributed by atoms with Gasteiger partial charge >= 0.3 is 0 Å². The number of nitrogens with one attached hydrogen (secondary N) is 1. The molecule has 0 aromatic heterocycles. The maximum atomic E-state index is 5.62. The first-order chi connectivity index (χ1) is 8.08. The van der Waals surface area contributed by atoms with E-state index in [4.69, 9.17) is 10.6 Å². The zero-order chi connectivity index (χ0) is 12.8. The molecule has 0 fully saturated rings. The maximum Gasteiger partial charge on any atom is 0.0558 e. The molecule has 0 saturated carbocycles. The van der Waals surface area contributed by atoms with E-state index in [1.807, 2.05) is 0 Å². The highest BCUT2D eigenvalue weighted by Gasteiger charge is 2.14. The second kappa shape index (κ2) is 6.74. The lowest BCUT2D eigenvalue weighted by Crippen LogP contribution is -2.39. The topological polar surface area (TPSA) is 47.3 Å². The standard InChI is InChI=1S/C14H24N2O/c1-10-6-5-7-11(2)14(10)9-13(16-15)8-12(3)17-4/h5-7,12-13,16H,8-9,15H2,1-4H3. The van der Waals surface area contributed by atoms with Gasteiger partial charge in [-0.05, 0) is 50.3 Å². The number of hydrazine groups is 1. The molecule has 3 heteroatoms. The molecule has 96 valence electrons. The van der Waals surface area contributed by atoms with E-state index in [9.17, 15) is 0 Å². The summed E-state index contributed by atoms with van der Waals surface area (Å²) in [6.07, 6.45) is 2.09. The fraction of sp³-hybridized carbons (Fsp3) is 0.571. The van der Waals surface area contributed by atoms with E-state index in [2.05, 4.69) is 44.4 Å². The molecule has 3 nitrogen and oxygen atoms in total. The third kappa shape index (κ3) is 4.11. The Labute approximate surface area is 104 Å². The van der Waals surface area contributed by atoms with Crippen LogP contribution in [0, 0.1) is 13.8 Å². The van der Waals surface area contributed by atoms with Crippen LogP contribution >= 0.6 is 0 Å². The van der Waals surface area contributed by atoms with E-state index in [-0.39, 0.29) is 12.1 Å². The number of benzene rings is 1. The quantitative estimate of drug-likeness (QED) is 0.587. The number of methoxy groups -OCH3 is 1. The van der Waals surface area contributed by atoms with Crippen LogP contribution in [0.4, 0.5) is 0 Å². The lowest BCUT2D eigenvalue weighted by Gasteiger charge is -2.21. The molecule has 1 rings (SSSR count). The van der Waals surface area contributed by atoms with Crippen LogP contribution in [0.5, 0.6) is 0 Å². The molecule has 0 heterocycles. The van der Waals surface area contributed by atoms with Crippen LogP contribution in [-0.2, 0) is 11.2 Å². The molecule has 0 saturated heterocycles. The van der Waals surface area contributed by atoms with E-state index < -0.39 is 0 Å². The molecule has 0 bridgehead atoms. The summed E-state index contributed by atoms with van der Waals surface area (Å²) < 4.78 is 5.29. The number of ether oxygens (including phenoxy) is 1. The Morgan fingerprint density at radius 1 is 1.29 bits per heavy atom. The highest BCUT2D eigenvalue weighted by Crippen LogP contribution is 2.17. The van der Waals surface area contributed by atoms with Crippen LogP contribution in [0.25, 0.3) is 0 Å². The van der Waals surface area contributed by atoms with Gasteiger partial charge in [0.15, 0.2) is 0 Å². The first-order valence-electron chi connectivity index (χ1n) is 6.12. The van der Waals surface area contributed by atoms with Crippen LogP contribution in [-0.4, -0.2) is 19.3 Å². The van der Waals surface area contributed by atoms with Crippen molar-refractivity contribution in [3.8, 4) is 0 Å². The molecule has 0 aliphatic rings. The fourth-order valence-corrected chi connectivity index (χ4v) is 2.12. The van der Waals surface area contributed by atoms with Crippen molar-refractivity contribution < 1.29 is 4.74 Å². The van der Waals surface area contributed by atoms with Crippen molar-refractivity contribution >= 4 is 0 Å². The molecule has 2 unspecified atom stereocenters. The molecule has 0 aliphatic carbocycles. The average molecular weight is 236 g/mol. The van der Waals surface area contributed by atoms with E-state index in [0.717, 1.165) is 12.8 Å². The molecular weight excluding hydrogens is 212 g/mol. The Bertz CT molecular complexity index is 332. The predicted molar refractivity (Wildman–Crippen MR) is 71.8 cm³/mol. The Kier molecular flexibility index (Phi) is 5.62. The van der Waals surface area contributed by atoms with Gasteiger partial charge in [-0.1, -0.05) is 18.2 Å². The first kappa shape index (κ1) is 14.2. The molecular formula is C14H24N2O. The summed E-state index contributed by atoms with van der Waals surface area (Å²) >= 11 is 0. The largest absolute Gasteiger partial charge is 0.382 e. The minimum absolute atomic E-state index is 0.223. The van der Waals surface area contributed by atoms with E-state index in [1.165, 1.54) is 16.7 Å². The van der Waals surface area contributed by atoms with Crippen molar-refractivity contribution in [2.45, 2.75) is 45.8 Å². The van der Waals surface area contributed by atoms with Gasteiger partial charge in [-0.2, -0.15) is 0 Å². The molecule has 2 atom stereocenters. The minimum Gasteiger partial charge on any atom is -0.382 e. The molecule has 0 spiro atoms. The van der Waals surface area contributed by atoms with Crippen LogP contribution in [0.1, 0.15) is 30.0 Å². The lowest BCUT2D eigenvalue weighted by molar-refractivity contribution is 0.100. The summed E-state index contributed by atoms with van der Waals surface area (Å²) in [5, 5.41) is 0. The zero-order valence-corrected chi connectivity index (χ0v) is 11.3. The third-order valence-corrected chi connectivity index (χ3v) is 3.35. The summed E-state index contributed by atoms with van der Waals surface area (Å²) in [7, 11) is 1.73. The van der Waals surface area contributed by atoms with Crippen LogP contribution in [0.15, 0.2) is 18.2 Å². The summed E-state index contributed by atoms with van der Waals surface area (Å²) in [5.41, 5.74) is 6.94. The molecule has 3 N–H and O–H groups in total. The monoisotopic (exact) mass is 236 g/mol. The van der Waals surface area contributed by atoms with Crippen LogP contribution in [0.2, 0.25) is 0 Å². The number of aryl methyl sites for hydroxylation is 2. The van der Waals surface area contributed by atoms with Crippen molar-refractivity contribution in [3.63, 3.8) is 0 Å². The number of hydrogen-bond donors (Lipinski definition) is 2. The Morgan fingerprint density at radius 2 is 1.88 bits per heavy atom.